The van der Waals surface area contributed by atoms with Gasteiger partial charge in [-0.3, -0.25) is 9.59 Å². The number of alkyl halides is 7. The molecule has 3 rings (SSSR count). The lowest BCUT2D eigenvalue weighted by Gasteiger charge is -2.30. The van der Waals surface area contributed by atoms with Gasteiger partial charge < -0.3 is 4.90 Å². The van der Waals surface area contributed by atoms with Crippen molar-refractivity contribution in [3.8, 4) is 0 Å². The Morgan fingerprint density at radius 1 is 0.897 bits per heavy atom. The second-order valence-electron chi connectivity index (χ2n) is 7.78. The van der Waals surface area contributed by atoms with Gasteiger partial charge in [-0.05, 0) is 52.3 Å². The number of amides is 2. The summed E-state index contributed by atoms with van der Waals surface area (Å²) >= 11 is 11.2. The minimum absolute atomic E-state index is 0.0471. The quantitative estimate of drug-likeness (QED) is 0.153. The number of halogens is 11. The summed E-state index contributed by atoms with van der Waals surface area (Å²) in [4.78, 5) is 30.4. The molecule has 0 aliphatic heterocycles. The molecule has 0 radical (unpaired) electrons. The van der Waals surface area contributed by atoms with Crippen LogP contribution in [0.5, 0.6) is 0 Å². The maximum Gasteiger partial charge on any atom is 0.435 e. The first-order valence-corrected chi connectivity index (χ1v) is 12.1. The van der Waals surface area contributed by atoms with Crippen molar-refractivity contribution in [2.24, 2.45) is 0 Å². The Morgan fingerprint density at radius 2 is 1.51 bits per heavy atom. The van der Waals surface area contributed by atoms with Gasteiger partial charge in [0.05, 0.1) is 38.6 Å². The van der Waals surface area contributed by atoms with Crippen LogP contribution in [0, 0.1) is 5.82 Å². The molecule has 39 heavy (non-hydrogen) atoms. The fourth-order valence-electron chi connectivity index (χ4n) is 3.33. The summed E-state index contributed by atoms with van der Waals surface area (Å²) in [6.45, 7) is 0. The van der Waals surface area contributed by atoms with Gasteiger partial charge in [-0.15, -0.1) is 0 Å². The van der Waals surface area contributed by atoms with Gasteiger partial charge in [0.25, 0.3) is 11.8 Å². The summed E-state index contributed by atoms with van der Waals surface area (Å²) in [7, 11) is 1.22. The summed E-state index contributed by atoms with van der Waals surface area (Å²) < 4.78 is 108. The van der Waals surface area contributed by atoms with E-state index in [1.165, 1.54) is 31.3 Å². The molecule has 3 aromatic rings. The SMILES string of the molecule is CN(C(=O)c1ccc(Cl)nc1)c1cccc(C(=O)N(Br)c2ccc(C(F)(C(F)(F)F)C(F)(F)F)cc2Br)c1F. The first-order chi connectivity index (χ1) is 17.9. The first-order valence-electron chi connectivity index (χ1n) is 10.2. The Labute approximate surface area is 236 Å². The predicted octanol–water partition coefficient (Wildman–Crippen LogP) is 8.16. The van der Waals surface area contributed by atoms with E-state index in [2.05, 4.69) is 37.1 Å². The Morgan fingerprint density at radius 3 is 2.03 bits per heavy atom. The van der Waals surface area contributed by atoms with Gasteiger partial charge in [0, 0.05) is 23.3 Å². The lowest BCUT2D eigenvalue weighted by atomic mass is 9.94. The van der Waals surface area contributed by atoms with Crippen LogP contribution in [0.25, 0.3) is 0 Å². The van der Waals surface area contributed by atoms with Crippen LogP contribution >= 0.6 is 43.7 Å². The molecule has 1 heterocycles. The third-order valence-corrected chi connectivity index (χ3v) is 6.93. The fraction of sp³-hybridized carbons (Fsp3) is 0.174. The zero-order chi connectivity index (χ0) is 29.5. The molecule has 16 heteroatoms. The first kappa shape index (κ1) is 30.8. The van der Waals surface area contributed by atoms with Gasteiger partial charge in [-0.25, -0.2) is 17.7 Å². The summed E-state index contributed by atoms with van der Waals surface area (Å²) in [6.07, 6.45) is -11.5. The molecule has 0 spiro atoms. The van der Waals surface area contributed by atoms with E-state index in [0.717, 1.165) is 17.2 Å². The van der Waals surface area contributed by atoms with E-state index in [1.807, 2.05) is 0 Å². The molecule has 0 unspecified atom stereocenters. The smallest absolute Gasteiger partial charge is 0.309 e. The third-order valence-electron chi connectivity index (χ3n) is 5.37. The largest absolute Gasteiger partial charge is 0.435 e. The van der Waals surface area contributed by atoms with Crippen molar-refractivity contribution >= 4 is 66.9 Å². The van der Waals surface area contributed by atoms with E-state index in [0.29, 0.717) is 9.99 Å². The highest BCUT2D eigenvalue weighted by Gasteiger charge is 2.73. The molecular weight excluding hydrogens is 698 g/mol. The molecule has 0 aliphatic rings. The molecule has 2 aromatic carbocycles. The average molecular weight is 710 g/mol. The van der Waals surface area contributed by atoms with E-state index >= 15 is 4.39 Å². The molecule has 0 atom stereocenters. The van der Waals surface area contributed by atoms with Gasteiger partial charge in [0.15, 0.2) is 5.82 Å². The van der Waals surface area contributed by atoms with Crippen LogP contribution < -0.4 is 8.83 Å². The number of hydrogen-bond donors (Lipinski definition) is 0. The third kappa shape index (κ3) is 5.75. The van der Waals surface area contributed by atoms with E-state index in [-0.39, 0.29) is 34.2 Å². The number of anilines is 2. The van der Waals surface area contributed by atoms with Gasteiger partial charge in [-0.2, -0.15) is 26.3 Å². The summed E-state index contributed by atoms with van der Waals surface area (Å²) in [5, 5.41) is 0.110. The summed E-state index contributed by atoms with van der Waals surface area (Å²) in [5.41, 5.74) is -8.79. The van der Waals surface area contributed by atoms with Gasteiger partial charge in [0.1, 0.15) is 5.15 Å². The van der Waals surface area contributed by atoms with Crippen LogP contribution in [-0.2, 0) is 5.67 Å². The second kappa shape index (κ2) is 11.0. The number of carbonyl (C=O) groups excluding carboxylic acids is 2. The number of carbonyl (C=O) groups is 2. The molecule has 1 aromatic heterocycles. The maximum absolute atomic E-state index is 15.4. The molecule has 208 valence electrons. The lowest BCUT2D eigenvalue weighted by molar-refractivity contribution is -0.348. The van der Waals surface area contributed by atoms with Crippen LogP contribution in [0.15, 0.2) is 59.2 Å². The molecule has 0 saturated heterocycles. The summed E-state index contributed by atoms with van der Waals surface area (Å²) in [5.74, 6) is -3.04. The van der Waals surface area contributed by atoms with Crippen molar-refractivity contribution in [3.63, 3.8) is 0 Å². The van der Waals surface area contributed by atoms with Crippen LogP contribution in [0.4, 0.5) is 46.5 Å². The lowest BCUT2D eigenvalue weighted by Crippen LogP contribution is -2.50. The Bertz CT molecular complexity index is 1400. The number of pyridine rings is 1. The van der Waals surface area contributed by atoms with E-state index in [9.17, 15) is 40.3 Å². The number of rotatable bonds is 5. The van der Waals surface area contributed by atoms with Crippen molar-refractivity contribution in [2.45, 2.75) is 18.0 Å². The maximum atomic E-state index is 15.4. The number of aromatic nitrogens is 1. The normalized spacial score (nSPS) is 12.3. The molecule has 0 aliphatic carbocycles. The molecular formula is C23H12Br2ClF8N3O2. The van der Waals surface area contributed by atoms with Crippen LogP contribution in [0.3, 0.4) is 0 Å². The van der Waals surface area contributed by atoms with E-state index in [1.54, 1.807) is 0 Å². The minimum Gasteiger partial charge on any atom is -0.309 e. The number of hydrogen-bond acceptors (Lipinski definition) is 3. The Kier molecular flexibility index (Phi) is 8.68. The summed E-state index contributed by atoms with van der Waals surface area (Å²) in [6, 6.07) is 7.12. The van der Waals surface area contributed by atoms with Gasteiger partial charge >= 0.3 is 18.0 Å². The molecule has 5 nitrogen and oxygen atoms in total. The molecule has 0 fully saturated rings. The monoisotopic (exact) mass is 707 g/mol. The second-order valence-corrected chi connectivity index (χ2v) is 9.73. The van der Waals surface area contributed by atoms with Crippen molar-refractivity contribution in [1.82, 2.24) is 4.98 Å². The highest BCUT2D eigenvalue weighted by Crippen LogP contribution is 2.54. The number of benzene rings is 2. The Balaban J connectivity index is 1.96. The van der Waals surface area contributed by atoms with Gasteiger partial charge in [-0.1, -0.05) is 23.7 Å². The highest BCUT2D eigenvalue weighted by molar-refractivity contribution is 9.11. The van der Waals surface area contributed by atoms with Crippen LogP contribution in [0.2, 0.25) is 5.15 Å². The molecule has 2 amide bonds. The molecule has 0 N–H and O–H groups in total. The topological polar surface area (TPSA) is 53.5 Å². The fourth-order valence-corrected chi connectivity index (χ4v) is 4.74. The van der Waals surface area contributed by atoms with E-state index < -0.39 is 51.3 Å². The van der Waals surface area contributed by atoms with Gasteiger partial charge in [0.2, 0.25) is 0 Å². The zero-order valence-corrected chi connectivity index (χ0v) is 22.9. The highest BCUT2D eigenvalue weighted by atomic mass is 79.9. The molecule has 0 bridgehead atoms. The average Bonchev–Trinajstić information content (AvgIpc) is 2.85. The zero-order valence-electron chi connectivity index (χ0n) is 19.0. The predicted molar refractivity (Wildman–Crippen MR) is 133 cm³/mol. The molecule has 0 saturated carbocycles. The minimum atomic E-state index is -6.34. The standard InChI is InChI=1S/C23H12Br2ClF8N3O2/c1-36(19(38)11-5-8-17(26)35-10-11)16-4-2-3-13(18(16)27)20(39)37(25)15-7-6-12(9-14(15)24)21(28,22(29,30)31)23(32,33)34/h2-10H,1H3. The van der Waals surface area contributed by atoms with Crippen LogP contribution in [0.1, 0.15) is 26.3 Å². The number of nitrogens with zero attached hydrogens (tertiary/aromatic N) is 3. The van der Waals surface area contributed by atoms with Crippen molar-refractivity contribution in [2.75, 3.05) is 15.9 Å². The Hall–Kier alpha value is -2.78. The van der Waals surface area contributed by atoms with Crippen molar-refractivity contribution in [1.29, 1.82) is 0 Å². The van der Waals surface area contributed by atoms with Crippen molar-refractivity contribution < 1.29 is 44.7 Å². The van der Waals surface area contributed by atoms with E-state index in [4.69, 9.17) is 11.6 Å². The van der Waals surface area contributed by atoms with Crippen LogP contribution in [-0.4, -0.2) is 36.2 Å². The van der Waals surface area contributed by atoms with Crippen molar-refractivity contribution in [3.05, 3.63) is 86.9 Å².